The van der Waals surface area contributed by atoms with Crippen molar-refractivity contribution in [3.63, 3.8) is 0 Å². The Morgan fingerprint density at radius 2 is 1.94 bits per heavy atom. The topological polar surface area (TPSA) is 37.2 Å². The Balaban J connectivity index is 2.22. The molecular weight excluding hydrogens is 246 g/mol. The van der Waals surface area contributed by atoms with Gasteiger partial charge in [-0.1, -0.05) is 17.7 Å². The molecule has 1 aliphatic heterocycles. The SMILES string of the molecule is Cc1ccc(N=C(N=C=S)N2CCOCC2)cc1. The fourth-order valence-electron chi connectivity index (χ4n) is 1.71. The van der Waals surface area contributed by atoms with Gasteiger partial charge in [-0.3, -0.25) is 0 Å². The molecule has 1 aromatic rings. The van der Waals surface area contributed by atoms with E-state index in [2.05, 4.69) is 32.3 Å². The summed E-state index contributed by atoms with van der Waals surface area (Å²) in [5, 5.41) is 2.39. The van der Waals surface area contributed by atoms with Crippen LogP contribution < -0.4 is 0 Å². The second-order valence-electron chi connectivity index (χ2n) is 4.05. The zero-order valence-electron chi connectivity index (χ0n) is 10.3. The molecule has 0 N–H and O–H groups in total. The summed E-state index contributed by atoms with van der Waals surface area (Å²) in [6.07, 6.45) is 0. The molecule has 0 spiro atoms. The van der Waals surface area contributed by atoms with Gasteiger partial charge in [0.1, 0.15) is 0 Å². The molecule has 1 fully saturated rings. The smallest absolute Gasteiger partial charge is 0.235 e. The molecule has 0 saturated carbocycles. The van der Waals surface area contributed by atoms with Crippen LogP contribution in [0.3, 0.4) is 0 Å². The largest absolute Gasteiger partial charge is 0.378 e. The summed E-state index contributed by atoms with van der Waals surface area (Å²) >= 11 is 4.68. The molecule has 2 rings (SSSR count). The zero-order valence-corrected chi connectivity index (χ0v) is 11.1. The minimum Gasteiger partial charge on any atom is -0.378 e. The second-order valence-corrected chi connectivity index (χ2v) is 4.23. The molecule has 94 valence electrons. The predicted molar refractivity (Wildman–Crippen MR) is 75.7 cm³/mol. The van der Waals surface area contributed by atoms with Gasteiger partial charge in [0.2, 0.25) is 5.96 Å². The Bertz CT molecular complexity index is 472. The number of hydrogen-bond acceptors (Lipinski definition) is 3. The van der Waals surface area contributed by atoms with Crippen LogP contribution in [0, 0.1) is 6.92 Å². The van der Waals surface area contributed by atoms with Crippen LogP contribution in [0.2, 0.25) is 0 Å². The van der Waals surface area contributed by atoms with Gasteiger partial charge in [-0.15, -0.1) is 0 Å². The second kappa shape index (κ2) is 6.40. The summed E-state index contributed by atoms with van der Waals surface area (Å²) in [7, 11) is 0. The van der Waals surface area contributed by atoms with Crippen LogP contribution in [0.1, 0.15) is 5.56 Å². The van der Waals surface area contributed by atoms with Gasteiger partial charge in [0.25, 0.3) is 0 Å². The monoisotopic (exact) mass is 261 g/mol. The van der Waals surface area contributed by atoms with Gasteiger partial charge in [-0.25, -0.2) is 4.99 Å². The Hall–Kier alpha value is -1.55. The third-order valence-electron chi connectivity index (χ3n) is 2.70. The van der Waals surface area contributed by atoms with Gasteiger partial charge in [0, 0.05) is 13.1 Å². The Morgan fingerprint density at radius 1 is 1.28 bits per heavy atom. The van der Waals surface area contributed by atoms with E-state index in [1.165, 1.54) is 5.56 Å². The van der Waals surface area contributed by atoms with Crippen LogP contribution >= 0.6 is 12.2 Å². The van der Waals surface area contributed by atoms with E-state index in [0.717, 1.165) is 18.8 Å². The Labute approximate surface area is 112 Å². The van der Waals surface area contributed by atoms with Gasteiger partial charge in [-0.05, 0) is 31.3 Å². The van der Waals surface area contributed by atoms with Gasteiger partial charge < -0.3 is 9.64 Å². The van der Waals surface area contributed by atoms with Crippen LogP contribution in [-0.2, 0) is 4.74 Å². The average Bonchev–Trinajstić information content (AvgIpc) is 2.42. The summed E-state index contributed by atoms with van der Waals surface area (Å²) < 4.78 is 5.31. The lowest BCUT2D eigenvalue weighted by molar-refractivity contribution is 0.0676. The highest BCUT2D eigenvalue weighted by molar-refractivity contribution is 7.78. The lowest BCUT2D eigenvalue weighted by atomic mass is 10.2. The molecule has 5 heteroatoms. The van der Waals surface area contributed by atoms with Gasteiger partial charge in [0.15, 0.2) is 0 Å². The predicted octanol–water partition coefficient (Wildman–Crippen LogP) is 2.42. The van der Waals surface area contributed by atoms with Gasteiger partial charge in [0.05, 0.1) is 24.1 Å². The van der Waals surface area contributed by atoms with Crippen molar-refractivity contribution >= 4 is 29.0 Å². The quantitative estimate of drug-likeness (QED) is 0.442. The number of nitrogens with zero attached hydrogens (tertiary/aromatic N) is 3. The van der Waals surface area contributed by atoms with Crippen LogP contribution in [-0.4, -0.2) is 42.3 Å². The van der Waals surface area contributed by atoms with E-state index in [1.807, 2.05) is 31.2 Å². The fourth-order valence-corrected chi connectivity index (χ4v) is 1.79. The van der Waals surface area contributed by atoms with E-state index in [-0.39, 0.29) is 0 Å². The fraction of sp³-hybridized carbons (Fsp3) is 0.385. The molecule has 0 atom stereocenters. The molecule has 1 heterocycles. The number of guanidine groups is 1. The average molecular weight is 261 g/mol. The standard InChI is InChI=1S/C13H15N3OS/c1-11-2-4-12(5-3-11)15-13(14-10-18)16-6-8-17-9-7-16/h2-5H,6-9H2,1H3. The van der Waals surface area contributed by atoms with Crippen LogP contribution in [0.15, 0.2) is 34.3 Å². The summed E-state index contributed by atoms with van der Waals surface area (Å²) in [5.41, 5.74) is 2.08. The van der Waals surface area contributed by atoms with E-state index >= 15 is 0 Å². The van der Waals surface area contributed by atoms with Gasteiger partial charge in [-0.2, -0.15) is 4.99 Å². The van der Waals surface area contributed by atoms with Crippen molar-refractivity contribution in [2.45, 2.75) is 6.92 Å². The van der Waals surface area contributed by atoms with Crippen LogP contribution in [0.25, 0.3) is 0 Å². The Morgan fingerprint density at radius 3 is 2.56 bits per heavy atom. The minimum absolute atomic E-state index is 0.608. The number of ether oxygens (including phenoxy) is 1. The van der Waals surface area contributed by atoms with E-state index in [4.69, 9.17) is 4.74 Å². The molecule has 0 aromatic heterocycles. The maximum atomic E-state index is 5.31. The highest BCUT2D eigenvalue weighted by atomic mass is 32.1. The van der Waals surface area contributed by atoms with Crippen molar-refractivity contribution in [1.82, 2.24) is 4.90 Å². The highest BCUT2D eigenvalue weighted by Crippen LogP contribution is 2.14. The van der Waals surface area contributed by atoms with E-state index in [9.17, 15) is 0 Å². The number of morpholine rings is 1. The summed E-state index contributed by atoms with van der Waals surface area (Å²) in [6, 6.07) is 7.98. The first-order valence-corrected chi connectivity index (χ1v) is 6.26. The molecule has 0 unspecified atom stereocenters. The molecular formula is C13H15N3OS. The number of benzene rings is 1. The van der Waals surface area contributed by atoms with E-state index < -0.39 is 0 Å². The molecule has 1 saturated heterocycles. The minimum atomic E-state index is 0.608. The maximum Gasteiger partial charge on any atom is 0.235 e. The van der Waals surface area contributed by atoms with Crippen LogP contribution in [0.5, 0.6) is 0 Å². The van der Waals surface area contributed by atoms with Crippen molar-refractivity contribution in [2.24, 2.45) is 9.98 Å². The van der Waals surface area contributed by atoms with Crippen molar-refractivity contribution in [3.8, 4) is 0 Å². The maximum absolute atomic E-state index is 5.31. The first kappa shape index (κ1) is 12.9. The third kappa shape index (κ3) is 3.47. The van der Waals surface area contributed by atoms with Crippen molar-refractivity contribution in [1.29, 1.82) is 0 Å². The zero-order chi connectivity index (χ0) is 12.8. The van der Waals surface area contributed by atoms with Gasteiger partial charge >= 0.3 is 0 Å². The molecule has 18 heavy (non-hydrogen) atoms. The lowest BCUT2D eigenvalue weighted by Gasteiger charge is -2.27. The summed E-state index contributed by atoms with van der Waals surface area (Å²) in [6.45, 7) is 5.00. The van der Waals surface area contributed by atoms with Crippen molar-refractivity contribution < 1.29 is 4.74 Å². The molecule has 0 amide bonds. The third-order valence-corrected chi connectivity index (χ3v) is 2.79. The summed E-state index contributed by atoms with van der Waals surface area (Å²) in [4.78, 5) is 10.6. The van der Waals surface area contributed by atoms with Crippen molar-refractivity contribution in [3.05, 3.63) is 29.8 Å². The van der Waals surface area contributed by atoms with E-state index in [1.54, 1.807) is 0 Å². The molecule has 0 bridgehead atoms. The molecule has 0 aliphatic carbocycles. The van der Waals surface area contributed by atoms with E-state index in [0.29, 0.717) is 19.2 Å². The molecule has 1 aromatic carbocycles. The number of hydrogen-bond donors (Lipinski definition) is 0. The lowest BCUT2D eigenvalue weighted by Crippen LogP contribution is -2.39. The number of thiocarbonyl (C=S) groups is 1. The number of rotatable bonds is 1. The molecule has 1 aliphatic rings. The highest BCUT2D eigenvalue weighted by Gasteiger charge is 2.14. The van der Waals surface area contributed by atoms with Crippen molar-refractivity contribution in [2.75, 3.05) is 26.3 Å². The van der Waals surface area contributed by atoms with Crippen LogP contribution in [0.4, 0.5) is 5.69 Å². The Kier molecular flexibility index (Phi) is 4.59. The number of aryl methyl sites for hydroxylation is 1. The summed E-state index contributed by atoms with van der Waals surface area (Å²) in [5.74, 6) is 0.608. The normalized spacial score (nSPS) is 16.3. The molecule has 4 nitrogen and oxygen atoms in total. The molecule has 0 radical (unpaired) electrons. The first-order chi connectivity index (χ1) is 8.79. The first-order valence-electron chi connectivity index (χ1n) is 5.85. The number of aliphatic imine (C=N–C) groups is 2. The number of isothiocyanates is 1.